The summed E-state index contributed by atoms with van der Waals surface area (Å²) in [5, 5.41) is 10.1. The van der Waals surface area contributed by atoms with Crippen LogP contribution in [0.15, 0.2) is 5.38 Å². The Morgan fingerprint density at radius 3 is 2.50 bits per heavy atom. The highest BCUT2D eigenvalue weighted by molar-refractivity contribution is 7.13. The molecule has 0 spiro atoms. The van der Waals surface area contributed by atoms with Gasteiger partial charge in [0.25, 0.3) is 0 Å². The van der Waals surface area contributed by atoms with Gasteiger partial charge in [0.05, 0.1) is 5.69 Å². The molecule has 20 heavy (non-hydrogen) atoms. The Labute approximate surface area is 122 Å². The fourth-order valence-electron chi connectivity index (χ4n) is 1.21. The van der Waals surface area contributed by atoms with Gasteiger partial charge in [-0.25, -0.2) is 14.6 Å². The van der Waals surface area contributed by atoms with Gasteiger partial charge in [-0.1, -0.05) is 0 Å². The normalized spacial score (nSPS) is 10.8. The van der Waals surface area contributed by atoms with Gasteiger partial charge in [-0.05, 0) is 27.7 Å². The van der Waals surface area contributed by atoms with Crippen LogP contribution in [0.3, 0.4) is 0 Å². The van der Waals surface area contributed by atoms with Gasteiger partial charge >= 0.3 is 12.1 Å². The predicted octanol–water partition coefficient (Wildman–Crippen LogP) is 2.10. The highest BCUT2D eigenvalue weighted by atomic mass is 32.1. The van der Waals surface area contributed by atoms with Crippen LogP contribution in [-0.4, -0.2) is 35.8 Å². The molecule has 0 aliphatic carbocycles. The number of urea groups is 1. The van der Waals surface area contributed by atoms with Gasteiger partial charge < -0.3 is 15.4 Å². The first-order chi connectivity index (χ1) is 9.26. The molecule has 0 radical (unpaired) electrons. The molecule has 112 valence electrons. The van der Waals surface area contributed by atoms with E-state index in [1.807, 2.05) is 12.3 Å². The number of carbonyl (C=O) groups excluding carboxylic acids is 2. The summed E-state index contributed by atoms with van der Waals surface area (Å²) >= 11 is 1.36. The van der Waals surface area contributed by atoms with E-state index in [0.717, 1.165) is 5.69 Å². The van der Waals surface area contributed by atoms with E-state index in [1.165, 1.54) is 11.3 Å². The van der Waals surface area contributed by atoms with Crippen molar-refractivity contribution in [1.29, 1.82) is 0 Å². The van der Waals surface area contributed by atoms with Gasteiger partial charge in [0.1, 0.15) is 5.60 Å². The van der Waals surface area contributed by atoms with E-state index in [-0.39, 0.29) is 6.03 Å². The van der Waals surface area contributed by atoms with Crippen molar-refractivity contribution in [3.63, 3.8) is 0 Å². The predicted molar refractivity (Wildman–Crippen MR) is 78.1 cm³/mol. The Morgan fingerprint density at radius 1 is 1.30 bits per heavy atom. The van der Waals surface area contributed by atoms with Gasteiger partial charge in [0, 0.05) is 18.5 Å². The first-order valence-electron chi connectivity index (χ1n) is 6.20. The van der Waals surface area contributed by atoms with Crippen LogP contribution in [0.1, 0.15) is 26.5 Å². The van der Waals surface area contributed by atoms with Crippen LogP contribution < -0.4 is 16.0 Å². The van der Waals surface area contributed by atoms with Crippen LogP contribution in [0.2, 0.25) is 0 Å². The van der Waals surface area contributed by atoms with Crippen molar-refractivity contribution < 1.29 is 14.3 Å². The number of rotatable bonds is 4. The summed E-state index contributed by atoms with van der Waals surface area (Å²) in [7, 11) is 0. The van der Waals surface area contributed by atoms with Gasteiger partial charge in [0.15, 0.2) is 5.13 Å². The lowest BCUT2D eigenvalue weighted by Gasteiger charge is -2.19. The lowest BCUT2D eigenvalue weighted by Crippen LogP contribution is -2.39. The highest BCUT2D eigenvalue weighted by Gasteiger charge is 2.15. The molecule has 0 bridgehead atoms. The van der Waals surface area contributed by atoms with Crippen molar-refractivity contribution in [2.24, 2.45) is 0 Å². The molecule has 0 saturated heterocycles. The quantitative estimate of drug-likeness (QED) is 0.742. The summed E-state index contributed by atoms with van der Waals surface area (Å²) < 4.78 is 5.06. The SMILES string of the molecule is Cc1csc(NC(=O)NCCNC(=O)OC(C)(C)C)n1. The second kappa shape index (κ2) is 7.09. The van der Waals surface area contributed by atoms with Gasteiger partial charge in [-0.2, -0.15) is 0 Å². The summed E-state index contributed by atoms with van der Waals surface area (Å²) in [4.78, 5) is 26.9. The summed E-state index contributed by atoms with van der Waals surface area (Å²) in [5.41, 5.74) is 0.328. The van der Waals surface area contributed by atoms with E-state index in [4.69, 9.17) is 4.74 Å². The van der Waals surface area contributed by atoms with Crippen LogP contribution in [0.5, 0.6) is 0 Å². The lowest BCUT2D eigenvalue weighted by atomic mass is 10.2. The van der Waals surface area contributed by atoms with Crippen LogP contribution in [0.4, 0.5) is 14.7 Å². The summed E-state index contributed by atoms with van der Waals surface area (Å²) in [6.45, 7) is 7.80. The summed E-state index contributed by atoms with van der Waals surface area (Å²) in [6.07, 6.45) is -0.504. The molecule has 0 fully saturated rings. The van der Waals surface area contributed by atoms with Crippen molar-refractivity contribution in [2.45, 2.75) is 33.3 Å². The van der Waals surface area contributed by atoms with E-state index in [1.54, 1.807) is 20.8 Å². The van der Waals surface area contributed by atoms with E-state index >= 15 is 0 Å². The molecule has 1 aromatic rings. The minimum absolute atomic E-state index is 0.291. The summed E-state index contributed by atoms with van der Waals surface area (Å²) in [5.74, 6) is 0. The fourth-order valence-corrected chi connectivity index (χ4v) is 1.89. The van der Waals surface area contributed by atoms with Crippen molar-refractivity contribution in [1.82, 2.24) is 15.6 Å². The molecule has 1 heterocycles. The maximum atomic E-state index is 11.5. The molecule has 0 unspecified atom stereocenters. The van der Waals surface area contributed by atoms with Gasteiger partial charge in [-0.3, -0.25) is 5.32 Å². The zero-order valence-electron chi connectivity index (χ0n) is 12.1. The number of amides is 3. The first-order valence-corrected chi connectivity index (χ1v) is 7.08. The molecule has 0 aliphatic rings. The molecular weight excluding hydrogens is 280 g/mol. The molecule has 7 nitrogen and oxygen atoms in total. The third kappa shape index (κ3) is 6.93. The molecule has 1 rings (SSSR count). The largest absolute Gasteiger partial charge is 0.444 e. The van der Waals surface area contributed by atoms with E-state index in [9.17, 15) is 9.59 Å². The number of nitrogens with one attached hydrogen (secondary N) is 3. The minimum atomic E-state index is -0.530. The van der Waals surface area contributed by atoms with Crippen molar-refractivity contribution >= 4 is 28.6 Å². The molecular formula is C12H20N4O3S. The summed E-state index contributed by atoms with van der Waals surface area (Å²) in [6, 6.07) is -0.356. The van der Waals surface area contributed by atoms with E-state index in [2.05, 4.69) is 20.9 Å². The number of nitrogens with zero attached hydrogens (tertiary/aromatic N) is 1. The molecule has 0 aromatic carbocycles. The standard InChI is InChI=1S/C12H20N4O3S/c1-8-7-20-10(15-8)16-9(17)13-5-6-14-11(18)19-12(2,3)4/h7H,5-6H2,1-4H3,(H,14,18)(H2,13,15,16,17). The highest BCUT2D eigenvalue weighted by Crippen LogP contribution is 2.13. The lowest BCUT2D eigenvalue weighted by molar-refractivity contribution is 0.0528. The minimum Gasteiger partial charge on any atom is -0.444 e. The Balaban J connectivity index is 2.15. The second-order valence-corrected chi connectivity index (χ2v) is 5.96. The Kier molecular flexibility index (Phi) is 5.75. The number of carbonyl (C=O) groups is 2. The zero-order chi connectivity index (χ0) is 15.2. The van der Waals surface area contributed by atoms with Crippen LogP contribution in [0.25, 0.3) is 0 Å². The maximum absolute atomic E-state index is 11.5. The second-order valence-electron chi connectivity index (χ2n) is 5.10. The van der Waals surface area contributed by atoms with E-state index in [0.29, 0.717) is 18.2 Å². The Morgan fingerprint density at radius 2 is 1.95 bits per heavy atom. The maximum Gasteiger partial charge on any atom is 0.407 e. The molecule has 0 saturated carbocycles. The molecule has 8 heteroatoms. The third-order valence-electron chi connectivity index (χ3n) is 1.92. The van der Waals surface area contributed by atoms with Gasteiger partial charge in [0.2, 0.25) is 0 Å². The number of thiazole rings is 1. The number of anilines is 1. The number of alkyl carbamates (subject to hydrolysis) is 1. The molecule has 1 aromatic heterocycles. The molecule has 3 amide bonds. The average molecular weight is 300 g/mol. The number of hydrogen-bond acceptors (Lipinski definition) is 5. The number of ether oxygens (including phenoxy) is 1. The zero-order valence-corrected chi connectivity index (χ0v) is 12.9. The fraction of sp³-hybridized carbons (Fsp3) is 0.583. The van der Waals surface area contributed by atoms with E-state index < -0.39 is 11.7 Å². The number of aryl methyl sites for hydroxylation is 1. The third-order valence-corrected chi connectivity index (χ3v) is 2.79. The average Bonchev–Trinajstić information content (AvgIpc) is 2.68. The van der Waals surface area contributed by atoms with Crippen molar-refractivity contribution in [3.8, 4) is 0 Å². The van der Waals surface area contributed by atoms with Crippen molar-refractivity contribution in [2.75, 3.05) is 18.4 Å². The molecule has 3 N–H and O–H groups in total. The van der Waals surface area contributed by atoms with Crippen molar-refractivity contribution in [3.05, 3.63) is 11.1 Å². The number of aromatic nitrogens is 1. The Hall–Kier alpha value is -1.83. The monoisotopic (exact) mass is 300 g/mol. The Bertz CT molecular complexity index is 468. The van der Waals surface area contributed by atoms with Crippen LogP contribution in [-0.2, 0) is 4.74 Å². The van der Waals surface area contributed by atoms with Crippen LogP contribution >= 0.6 is 11.3 Å². The van der Waals surface area contributed by atoms with Gasteiger partial charge in [-0.15, -0.1) is 11.3 Å². The topological polar surface area (TPSA) is 92.4 Å². The molecule has 0 atom stereocenters. The first kappa shape index (κ1) is 16.2. The smallest absolute Gasteiger partial charge is 0.407 e. The number of hydrogen-bond donors (Lipinski definition) is 3. The van der Waals surface area contributed by atoms with Crippen LogP contribution in [0, 0.1) is 6.92 Å². The molecule has 0 aliphatic heterocycles.